The first-order valence-corrected chi connectivity index (χ1v) is 23.6. The van der Waals surface area contributed by atoms with Crippen molar-refractivity contribution in [1.82, 2.24) is 4.57 Å². The summed E-state index contributed by atoms with van der Waals surface area (Å²) in [6, 6.07) is 83.2. The van der Waals surface area contributed by atoms with Crippen LogP contribution < -0.4 is 4.90 Å². The molecule has 0 unspecified atom stereocenters. The van der Waals surface area contributed by atoms with E-state index in [-0.39, 0.29) is 10.8 Å². The van der Waals surface area contributed by atoms with E-state index in [1.807, 2.05) is 30.3 Å². The second-order valence-corrected chi connectivity index (χ2v) is 18.1. The molecular weight excluding hydrogens is 885 g/mol. The predicted octanol–water partition coefficient (Wildman–Crippen LogP) is 17.7. The first-order chi connectivity index (χ1) is 34.9. The van der Waals surface area contributed by atoms with E-state index in [0.717, 1.165) is 67.2 Å². The van der Waals surface area contributed by atoms with Crippen molar-refractivity contribution >= 4 is 49.6 Å². The Morgan fingerprint density at radius 3 is 1.44 bits per heavy atom. The number of hydrogen-bond acceptors (Lipinski definition) is 1. The van der Waals surface area contributed by atoms with Gasteiger partial charge < -0.3 is 9.47 Å². The van der Waals surface area contributed by atoms with E-state index in [2.05, 4.69) is 204 Å². The molecule has 12 aromatic rings. The smallest absolute Gasteiger partial charge is 0.198 e. The van der Waals surface area contributed by atoms with Crippen LogP contribution in [0.1, 0.15) is 22.3 Å². The zero-order valence-electron chi connectivity index (χ0n) is 38.0. The molecule has 0 aliphatic heterocycles. The highest BCUT2D eigenvalue weighted by atomic mass is 19.2. The Morgan fingerprint density at radius 1 is 0.310 bits per heavy atom. The number of halogens is 4. The lowest BCUT2D eigenvalue weighted by atomic mass is 9.67. The maximum Gasteiger partial charge on any atom is 0.198 e. The van der Waals surface area contributed by atoms with Gasteiger partial charge in [-0.1, -0.05) is 170 Å². The highest BCUT2D eigenvalue weighted by Crippen LogP contribution is 2.57. The minimum Gasteiger partial charge on any atom is -0.310 e. The fourth-order valence-corrected chi connectivity index (χ4v) is 11.2. The molecule has 0 N–H and O–H groups in total. The molecule has 0 saturated heterocycles. The maximum absolute atomic E-state index is 15.1. The average molecular weight is 925 g/mol. The number of nitrogens with zero attached hydrogens (tertiary/aromatic N) is 2. The first kappa shape index (κ1) is 42.1. The zero-order valence-corrected chi connectivity index (χ0v) is 38.0. The number of anilines is 3. The van der Waals surface area contributed by atoms with Gasteiger partial charge in [-0.15, -0.1) is 0 Å². The lowest BCUT2D eigenvalue weighted by Crippen LogP contribution is -2.28. The molecule has 1 aliphatic carbocycles. The number of fused-ring (bicyclic) bond motifs is 7. The third-order valence-corrected chi connectivity index (χ3v) is 14.4. The molecule has 1 aromatic heterocycles. The normalized spacial score (nSPS) is 12.6. The predicted molar refractivity (Wildman–Crippen MR) is 281 cm³/mol. The lowest BCUT2D eigenvalue weighted by molar-refractivity contribution is 0.418. The molecule has 0 spiro atoms. The summed E-state index contributed by atoms with van der Waals surface area (Å²) in [5, 5.41) is 1.70. The molecule has 338 valence electrons. The topological polar surface area (TPSA) is 8.17 Å². The van der Waals surface area contributed by atoms with Gasteiger partial charge in [-0.05, 0) is 128 Å². The maximum atomic E-state index is 15.1. The van der Waals surface area contributed by atoms with E-state index >= 15 is 4.39 Å². The quantitative estimate of drug-likeness (QED) is 0.0837. The van der Waals surface area contributed by atoms with Crippen LogP contribution in [0.2, 0.25) is 0 Å². The Labute approximate surface area is 407 Å². The number of hydrogen-bond donors (Lipinski definition) is 0. The van der Waals surface area contributed by atoms with Crippen LogP contribution in [0.15, 0.2) is 243 Å². The molecule has 0 atom stereocenters. The molecule has 0 fully saturated rings. The van der Waals surface area contributed by atoms with E-state index in [1.165, 1.54) is 34.0 Å². The van der Waals surface area contributed by atoms with Crippen molar-refractivity contribution in [2.24, 2.45) is 0 Å². The number of aromatic nitrogens is 1. The molecule has 0 radical (unpaired) electrons. The van der Waals surface area contributed by atoms with Gasteiger partial charge in [0.1, 0.15) is 0 Å². The largest absolute Gasteiger partial charge is 0.310 e. The van der Waals surface area contributed by atoms with Crippen molar-refractivity contribution in [2.45, 2.75) is 5.41 Å². The molecule has 13 rings (SSSR count). The van der Waals surface area contributed by atoms with Crippen LogP contribution in [0.3, 0.4) is 0 Å². The standard InChI is InChI=1S/C65H40F4N2/c66-61-54-35-28-43(39-56(54)62(67)64(69)63(61)68)41-24-30-48(31-25-41)70(49-32-26-42(27-33-49)44-29-37-60-55(38-44)53-21-11-13-23-59(53)71(60)47-18-8-3-9-19-47)50-34-36-52-51-20-10-12-22-57(51)65(58(52)40-50,45-14-4-1-5-15-45)46-16-6-2-7-17-46/h1-40H. The van der Waals surface area contributed by atoms with Crippen LogP contribution in [0.4, 0.5) is 34.6 Å². The van der Waals surface area contributed by atoms with Crippen molar-refractivity contribution < 1.29 is 17.6 Å². The Kier molecular flexibility index (Phi) is 9.85. The molecule has 0 amide bonds. The van der Waals surface area contributed by atoms with Gasteiger partial charge >= 0.3 is 0 Å². The van der Waals surface area contributed by atoms with Gasteiger partial charge in [0.15, 0.2) is 23.3 Å². The van der Waals surface area contributed by atoms with Crippen LogP contribution in [0.5, 0.6) is 0 Å². The summed E-state index contributed by atoms with van der Waals surface area (Å²) >= 11 is 0. The van der Waals surface area contributed by atoms with Crippen LogP contribution in [0.25, 0.3) is 71.6 Å². The van der Waals surface area contributed by atoms with Crippen molar-refractivity contribution in [3.8, 4) is 39.1 Å². The van der Waals surface area contributed by atoms with Crippen molar-refractivity contribution in [3.63, 3.8) is 0 Å². The van der Waals surface area contributed by atoms with Crippen molar-refractivity contribution in [2.75, 3.05) is 4.90 Å². The van der Waals surface area contributed by atoms with E-state index in [0.29, 0.717) is 11.1 Å². The minimum atomic E-state index is -1.83. The highest BCUT2D eigenvalue weighted by molar-refractivity contribution is 6.10. The van der Waals surface area contributed by atoms with Crippen LogP contribution in [-0.4, -0.2) is 4.57 Å². The highest BCUT2D eigenvalue weighted by Gasteiger charge is 2.46. The fraction of sp³-hybridized carbons (Fsp3) is 0.0154. The second-order valence-electron chi connectivity index (χ2n) is 18.1. The van der Waals surface area contributed by atoms with Crippen LogP contribution in [0, 0.1) is 23.3 Å². The molecule has 1 aliphatic rings. The minimum absolute atomic E-state index is 0.323. The van der Waals surface area contributed by atoms with Crippen molar-refractivity contribution in [3.05, 3.63) is 288 Å². The van der Waals surface area contributed by atoms with Gasteiger partial charge in [-0.25, -0.2) is 17.6 Å². The summed E-state index contributed by atoms with van der Waals surface area (Å²) in [7, 11) is 0. The molecule has 0 saturated carbocycles. The zero-order chi connectivity index (χ0) is 47.8. The van der Waals surface area contributed by atoms with E-state index in [9.17, 15) is 13.2 Å². The summed E-state index contributed by atoms with van der Waals surface area (Å²) in [5.41, 5.74) is 15.9. The number of rotatable bonds is 8. The van der Waals surface area contributed by atoms with Crippen LogP contribution in [-0.2, 0) is 5.41 Å². The van der Waals surface area contributed by atoms with Gasteiger partial charge in [0, 0.05) is 44.3 Å². The summed E-state index contributed by atoms with van der Waals surface area (Å²) in [5.74, 6) is -6.50. The van der Waals surface area contributed by atoms with Gasteiger partial charge in [0.05, 0.1) is 16.4 Å². The van der Waals surface area contributed by atoms with Gasteiger partial charge in [0.25, 0.3) is 0 Å². The lowest BCUT2D eigenvalue weighted by Gasteiger charge is -2.35. The monoisotopic (exact) mass is 924 g/mol. The number of benzene rings is 11. The third-order valence-electron chi connectivity index (χ3n) is 14.4. The summed E-state index contributed by atoms with van der Waals surface area (Å²) in [6.45, 7) is 0. The summed E-state index contributed by atoms with van der Waals surface area (Å²) in [4.78, 5) is 2.24. The summed E-state index contributed by atoms with van der Waals surface area (Å²) in [6.07, 6.45) is 0. The van der Waals surface area contributed by atoms with Gasteiger partial charge in [-0.3, -0.25) is 0 Å². The molecular formula is C65H40F4N2. The first-order valence-electron chi connectivity index (χ1n) is 23.6. The molecule has 11 aromatic carbocycles. The average Bonchev–Trinajstić information content (AvgIpc) is 3.93. The van der Waals surface area contributed by atoms with Crippen LogP contribution >= 0.6 is 0 Å². The molecule has 1 heterocycles. The molecule has 6 heteroatoms. The number of para-hydroxylation sites is 2. The second kappa shape index (κ2) is 16.6. The van der Waals surface area contributed by atoms with Gasteiger partial charge in [0.2, 0.25) is 0 Å². The Balaban J connectivity index is 0.965. The third kappa shape index (κ3) is 6.55. The Hall–Kier alpha value is -9.00. The molecule has 2 nitrogen and oxygen atoms in total. The Morgan fingerprint density at radius 2 is 0.789 bits per heavy atom. The molecule has 0 bridgehead atoms. The molecule has 71 heavy (non-hydrogen) atoms. The Bertz CT molecular complexity index is 3980. The van der Waals surface area contributed by atoms with Crippen molar-refractivity contribution in [1.29, 1.82) is 0 Å². The van der Waals surface area contributed by atoms with E-state index in [1.54, 1.807) is 6.07 Å². The van der Waals surface area contributed by atoms with Gasteiger partial charge in [-0.2, -0.15) is 0 Å². The SMILES string of the molecule is Fc1c(F)c(F)c2cc(-c3ccc(N(c4ccc(-c5ccc6c(c5)c5ccccc5n6-c5ccccc5)cc4)c4ccc5c(c4)C(c4ccccc4)(c4ccccc4)c4ccccc4-5)cc3)ccc2c1F. The fourth-order valence-electron chi connectivity index (χ4n) is 11.2. The van der Waals surface area contributed by atoms with E-state index < -0.39 is 28.7 Å². The summed E-state index contributed by atoms with van der Waals surface area (Å²) < 4.78 is 60.7. The van der Waals surface area contributed by atoms with E-state index in [4.69, 9.17) is 0 Å².